The van der Waals surface area contributed by atoms with Crippen molar-refractivity contribution in [1.29, 1.82) is 0 Å². The second kappa shape index (κ2) is 5.24. The van der Waals surface area contributed by atoms with Gasteiger partial charge in [0.15, 0.2) is 0 Å². The van der Waals surface area contributed by atoms with Crippen molar-refractivity contribution in [3.05, 3.63) is 28.2 Å². The van der Waals surface area contributed by atoms with Gasteiger partial charge in [0.05, 0.1) is 5.56 Å². The number of hydrogen-bond donors (Lipinski definition) is 1. The normalized spacial score (nSPS) is 25.8. The highest BCUT2D eigenvalue weighted by Crippen LogP contribution is 2.44. The molecule has 0 saturated heterocycles. The lowest BCUT2D eigenvalue weighted by Gasteiger charge is -2.22. The standard InChI is InChI=1S/C15H19BrF3N/c1-9-7-14(2,3)8-13(9)20-12-5-4-10(16)6-11(12)15(17,18)19/h4-6,9,13,20H,7-8H2,1-3H3. The van der Waals surface area contributed by atoms with Gasteiger partial charge in [-0.15, -0.1) is 0 Å². The molecule has 2 rings (SSSR count). The number of nitrogens with one attached hydrogen (secondary N) is 1. The van der Waals surface area contributed by atoms with Gasteiger partial charge in [0, 0.05) is 16.2 Å². The average molecular weight is 350 g/mol. The van der Waals surface area contributed by atoms with Crippen LogP contribution in [0.3, 0.4) is 0 Å². The molecule has 1 N–H and O–H groups in total. The summed E-state index contributed by atoms with van der Waals surface area (Å²) in [5, 5.41) is 3.11. The van der Waals surface area contributed by atoms with Crippen molar-refractivity contribution < 1.29 is 13.2 Å². The van der Waals surface area contributed by atoms with Crippen LogP contribution in [0, 0.1) is 11.3 Å². The van der Waals surface area contributed by atoms with Gasteiger partial charge in [-0.2, -0.15) is 13.2 Å². The van der Waals surface area contributed by atoms with E-state index in [1.165, 1.54) is 6.07 Å². The van der Waals surface area contributed by atoms with Crippen LogP contribution in [-0.2, 0) is 6.18 Å². The number of halogens is 4. The first-order chi connectivity index (χ1) is 9.08. The molecule has 0 amide bonds. The fraction of sp³-hybridized carbons (Fsp3) is 0.600. The van der Waals surface area contributed by atoms with E-state index < -0.39 is 11.7 Å². The van der Waals surface area contributed by atoms with Crippen molar-refractivity contribution in [3.8, 4) is 0 Å². The summed E-state index contributed by atoms with van der Waals surface area (Å²) >= 11 is 3.10. The highest BCUT2D eigenvalue weighted by molar-refractivity contribution is 9.10. The van der Waals surface area contributed by atoms with Crippen LogP contribution in [0.4, 0.5) is 18.9 Å². The monoisotopic (exact) mass is 349 g/mol. The largest absolute Gasteiger partial charge is 0.418 e. The molecule has 0 aliphatic heterocycles. The van der Waals surface area contributed by atoms with Crippen LogP contribution in [0.2, 0.25) is 0 Å². The Labute approximate surface area is 126 Å². The van der Waals surface area contributed by atoms with Gasteiger partial charge in [-0.05, 0) is 42.4 Å². The third-order valence-electron chi connectivity index (χ3n) is 3.96. The Morgan fingerprint density at radius 2 is 1.90 bits per heavy atom. The first-order valence-electron chi connectivity index (χ1n) is 6.72. The van der Waals surface area contributed by atoms with E-state index in [1.807, 2.05) is 0 Å². The fourth-order valence-electron chi connectivity index (χ4n) is 3.16. The summed E-state index contributed by atoms with van der Waals surface area (Å²) in [6.07, 6.45) is -2.42. The number of rotatable bonds is 2. The van der Waals surface area contributed by atoms with Crippen LogP contribution in [0.5, 0.6) is 0 Å². The zero-order valence-electron chi connectivity index (χ0n) is 11.8. The number of hydrogen-bond acceptors (Lipinski definition) is 1. The SMILES string of the molecule is CC1CC(C)(C)CC1Nc1ccc(Br)cc1C(F)(F)F. The van der Waals surface area contributed by atoms with E-state index in [0.717, 1.165) is 18.9 Å². The summed E-state index contributed by atoms with van der Waals surface area (Å²) in [5.41, 5.74) is -0.246. The van der Waals surface area contributed by atoms with Gasteiger partial charge >= 0.3 is 6.18 Å². The molecular formula is C15H19BrF3N. The van der Waals surface area contributed by atoms with Gasteiger partial charge < -0.3 is 5.32 Å². The lowest BCUT2D eigenvalue weighted by atomic mass is 9.91. The fourth-order valence-corrected chi connectivity index (χ4v) is 3.52. The van der Waals surface area contributed by atoms with Crippen molar-refractivity contribution in [1.82, 2.24) is 0 Å². The van der Waals surface area contributed by atoms with Crippen LogP contribution in [-0.4, -0.2) is 6.04 Å². The third-order valence-corrected chi connectivity index (χ3v) is 4.46. The minimum Gasteiger partial charge on any atom is -0.382 e. The zero-order valence-corrected chi connectivity index (χ0v) is 13.4. The van der Waals surface area contributed by atoms with E-state index in [-0.39, 0.29) is 17.1 Å². The summed E-state index contributed by atoms with van der Waals surface area (Å²) in [4.78, 5) is 0. The highest BCUT2D eigenvalue weighted by atomic mass is 79.9. The Bertz CT molecular complexity index is 496. The van der Waals surface area contributed by atoms with Crippen LogP contribution >= 0.6 is 15.9 Å². The van der Waals surface area contributed by atoms with Crippen LogP contribution in [0.15, 0.2) is 22.7 Å². The number of anilines is 1. The maximum absolute atomic E-state index is 13.1. The summed E-state index contributed by atoms with van der Waals surface area (Å²) < 4.78 is 39.7. The molecule has 5 heteroatoms. The summed E-state index contributed by atoms with van der Waals surface area (Å²) in [5.74, 6) is 0.370. The molecule has 2 atom stereocenters. The maximum Gasteiger partial charge on any atom is 0.418 e. The quantitative estimate of drug-likeness (QED) is 0.721. The predicted octanol–water partition coefficient (Wildman–Crippen LogP) is 5.70. The summed E-state index contributed by atoms with van der Waals surface area (Å²) in [6.45, 7) is 6.42. The topological polar surface area (TPSA) is 12.0 Å². The van der Waals surface area contributed by atoms with E-state index in [2.05, 4.69) is 42.0 Å². The first-order valence-corrected chi connectivity index (χ1v) is 7.51. The Morgan fingerprint density at radius 1 is 1.25 bits per heavy atom. The predicted molar refractivity (Wildman–Crippen MR) is 78.7 cm³/mol. The molecule has 20 heavy (non-hydrogen) atoms. The minimum atomic E-state index is -4.34. The molecular weight excluding hydrogens is 331 g/mol. The number of benzene rings is 1. The molecule has 1 nitrogen and oxygen atoms in total. The molecule has 2 unspecified atom stereocenters. The second-order valence-electron chi connectivity index (χ2n) is 6.49. The molecule has 0 spiro atoms. The number of alkyl halides is 3. The van der Waals surface area contributed by atoms with E-state index >= 15 is 0 Å². The zero-order chi connectivity index (χ0) is 15.1. The molecule has 1 aliphatic carbocycles. The van der Waals surface area contributed by atoms with E-state index in [0.29, 0.717) is 10.4 Å². The van der Waals surface area contributed by atoms with Crippen LogP contribution in [0.25, 0.3) is 0 Å². The van der Waals surface area contributed by atoms with Gasteiger partial charge in [-0.1, -0.05) is 36.7 Å². The van der Waals surface area contributed by atoms with Crippen molar-refractivity contribution in [2.24, 2.45) is 11.3 Å². The molecule has 112 valence electrons. The Morgan fingerprint density at radius 3 is 2.40 bits per heavy atom. The molecule has 0 aromatic heterocycles. The summed E-state index contributed by atoms with van der Waals surface area (Å²) in [7, 11) is 0. The van der Waals surface area contributed by atoms with Gasteiger partial charge in [-0.25, -0.2) is 0 Å². The van der Waals surface area contributed by atoms with Gasteiger partial charge in [-0.3, -0.25) is 0 Å². The maximum atomic E-state index is 13.1. The molecule has 1 fully saturated rings. The molecule has 1 saturated carbocycles. The molecule has 1 aromatic rings. The highest BCUT2D eigenvalue weighted by Gasteiger charge is 2.39. The molecule has 1 aromatic carbocycles. The third kappa shape index (κ3) is 3.48. The van der Waals surface area contributed by atoms with E-state index in [9.17, 15) is 13.2 Å². The van der Waals surface area contributed by atoms with E-state index in [1.54, 1.807) is 6.07 Å². The second-order valence-corrected chi connectivity index (χ2v) is 7.40. The first kappa shape index (κ1) is 15.7. The summed E-state index contributed by atoms with van der Waals surface area (Å²) in [6, 6.07) is 4.37. The van der Waals surface area contributed by atoms with Crippen molar-refractivity contribution >= 4 is 21.6 Å². The molecule has 1 aliphatic rings. The molecule has 0 heterocycles. The van der Waals surface area contributed by atoms with Crippen molar-refractivity contribution in [3.63, 3.8) is 0 Å². The lowest BCUT2D eigenvalue weighted by Crippen LogP contribution is -2.24. The van der Waals surface area contributed by atoms with Crippen LogP contribution in [0.1, 0.15) is 39.2 Å². The molecule has 0 radical (unpaired) electrons. The Kier molecular flexibility index (Phi) is 4.11. The van der Waals surface area contributed by atoms with Gasteiger partial charge in [0.25, 0.3) is 0 Å². The average Bonchev–Trinajstić information content (AvgIpc) is 2.53. The smallest absolute Gasteiger partial charge is 0.382 e. The van der Waals surface area contributed by atoms with Gasteiger partial charge in [0.1, 0.15) is 0 Å². The Balaban J connectivity index is 2.26. The molecule has 0 bridgehead atoms. The van der Waals surface area contributed by atoms with Crippen LogP contribution < -0.4 is 5.32 Å². The Hall–Kier alpha value is -0.710. The lowest BCUT2D eigenvalue weighted by molar-refractivity contribution is -0.137. The minimum absolute atomic E-state index is 0.0901. The van der Waals surface area contributed by atoms with Crippen molar-refractivity contribution in [2.75, 3.05) is 5.32 Å². The van der Waals surface area contributed by atoms with E-state index in [4.69, 9.17) is 0 Å². The van der Waals surface area contributed by atoms with Gasteiger partial charge in [0.2, 0.25) is 0 Å². The van der Waals surface area contributed by atoms with Crippen molar-refractivity contribution in [2.45, 2.75) is 45.8 Å².